The second-order valence-electron chi connectivity index (χ2n) is 7.68. The Kier molecular flexibility index (Phi) is 6.40. The van der Waals surface area contributed by atoms with E-state index in [1.165, 1.54) is 12.0 Å². The standard InChI is InChI=1S/C26H25N3O4/c1-17-8-10-18(11-9-17)21-15-26(31)29(23-7-5-4-6-20(23)27-21)16-25(30)28-22-14-19(32-2)12-13-24(22)33-3/h4-14H,15-16H2,1-3H3,(H,28,30). The quantitative estimate of drug-likeness (QED) is 0.608. The van der Waals surface area contributed by atoms with Gasteiger partial charge in [0.25, 0.3) is 0 Å². The molecule has 0 aromatic heterocycles. The Morgan fingerprint density at radius 1 is 1.03 bits per heavy atom. The van der Waals surface area contributed by atoms with Crippen LogP contribution in [0, 0.1) is 6.92 Å². The van der Waals surface area contributed by atoms with Crippen molar-refractivity contribution in [1.29, 1.82) is 0 Å². The van der Waals surface area contributed by atoms with Gasteiger partial charge in [-0.1, -0.05) is 42.0 Å². The van der Waals surface area contributed by atoms with Crippen molar-refractivity contribution in [3.8, 4) is 11.5 Å². The Morgan fingerprint density at radius 2 is 1.79 bits per heavy atom. The zero-order valence-electron chi connectivity index (χ0n) is 18.8. The lowest BCUT2D eigenvalue weighted by molar-refractivity contribution is -0.120. The van der Waals surface area contributed by atoms with Crippen LogP contribution in [0.5, 0.6) is 11.5 Å². The maximum absolute atomic E-state index is 13.3. The number of methoxy groups -OCH3 is 2. The molecule has 0 fully saturated rings. The molecule has 0 atom stereocenters. The van der Waals surface area contributed by atoms with Crippen LogP contribution >= 0.6 is 0 Å². The Balaban J connectivity index is 1.60. The minimum atomic E-state index is -0.358. The van der Waals surface area contributed by atoms with Crippen molar-refractivity contribution in [2.24, 2.45) is 4.99 Å². The maximum Gasteiger partial charge on any atom is 0.244 e. The van der Waals surface area contributed by atoms with Crippen LogP contribution in [0.4, 0.5) is 17.1 Å². The summed E-state index contributed by atoms with van der Waals surface area (Å²) in [5.41, 5.74) is 4.39. The molecule has 1 aliphatic heterocycles. The molecule has 1 aliphatic rings. The number of hydrogen-bond acceptors (Lipinski definition) is 5. The molecule has 0 saturated carbocycles. The Bertz CT molecular complexity index is 1220. The number of aliphatic imine (C=N–C) groups is 1. The first-order valence-corrected chi connectivity index (χ1v) is 10.5. The summed E-state index contributed by atoms with van der Waals surface area (Å²) in [7, 11) is 3.07. The SMILES string of the molecule is COc1ccc(OC)c(NC(=O)CN2C(=O)CC(c3ccc(C)cc3)=Nc3ccccc32)c1. The highest BCUT2D eigenvalue weighted by atomic mass is 16.5. The van der Waals surface area contributed by atoms with E-state index in [1.807, 2.05) is 49.4 Å². The van der Waals surface area contributed by atoms with Crippen LogP contribution in [0.3, 0.4) is 0 Å². The third-order valence-corrected chi connectivity index (χ3v) is 5.41. The number of para-hydroxylation sites is 2. The van der Waals surface area contributed by atoms with E-state index in [9.17, 15) is 9.59 Å². The molecule has 33 heavy (non-hydrogen) atoms. The number of hydrogen-bond donors (Lipinski definition) is 1. The van der Waals surface area contributed by atoms with E-state index in [0.717, 1.165) is 11.1 Å². The molecular formula is C26H25N3O4. The van der Waals surface area contributed by atoms with Crippen molar-refractivity contribution in [3.05, 3.63) is 77.9 Å². The highest BCUT2D eigenvalue weighted by Gasteiger charge is 2.27. The Labute approximate surface area is 192 Å². The zero-order valence-corrected chi connectivity index (χ0v) is 18.8. The van der Waals surface area contributed by atoms with Gasteiger partial charge < -0.3 is 19.7 Å². The summed E-state index contributed by atoms with van der Waals surface area (Å²) < 4.78 is 10.6. The monoisotopic (exact) mass is 443 g/mol. The van der Waals surface area contributed by atoms with E-state index in [0.29, 0.717) is 34.3 Å². The summed E-state index contributed by atoms with van der Waals surface area (Å²) in [5.74, 6) is 0.519. The number of carbonyl (C=O) groups is 2. The lowest BCUT2D eigenvalue weighted by Gasteiger charge is -2.22. The van der Waals surface area contributed by atoms with Crippen LogP contribution < -0.4 is 19.7 Å². The fraction of sp³-hybridized carbons (Fsp3) is 0.192. The minimum absolute atomic E-state index is 0.0908. The van der Waals surface area contributed by atoms with Crippen molar-refractivity contribution >= 4 is 34.6 Å². The molecule has 0 aliphatic carbocycles. The molecule has 0 unspecified atom stereocenters. The highest BCUT2D eigenvalue weighted by molar-refractivity contribution is 6.19. The molecule has 7 heteroatoms. The van der Waals surface area contributed by atoms with Crippen molar-refractivity contribution in [2.45, 2.75) is 13.3 Å². The molecule has 3 aromatic rings. The van der Waals surface area contributed by atoms with E-state index >= 15 is 0 Å². The molecule has 4 rings (SSSR count). The van der Waals surface area contributed by atoms with E-state index in [2.05, 4.69) is 5.32 Å². The van der Waals surface area contributed by atoms with Crippen molar-refractivity contribution in [3.63, 3.8) is 0 Å². The van der Waals surface area contributed by atoms with Gasteiger partial charge in [0.15, 0.2) is 0 Å². The summed E-state index contributed by atoms with van der Waals surface area (Å²) in [4.78, 5) is 32.5. The molecule has 0 bridgehead atoms. The second kappa shape index (κ2) is 9.56. The van der Waals surface area contributed by atoms with Crippen LogP contribution in [0.2, 0.25) is 0 Å². The molecule has 0 spiro atoms. The molecular weight excluding hydrogens is 418 g/mol. The molecule has 0 radical (unpaired) electrons. The molecule has 168 valence electrons. The summed E-state index contributed by atoms with van der Waals surface area (Å²) >= 11 is 0. The van der Waals surface area contributed by atoms with Crippen molar-refractivity contribution in [2.75, 3.05) is 31.0 Å². The minimum Gasteiger partial charge on any atom is -0.497 e. The normalized spacial score (nSPS) is 13.0. The van der Waals surface area contributed by atoms with E-state index in [-0.39, 0.29) is 24.8 Å². The van der Waals surface area contributed by atoms with Gasteiger partial charge in [0.1, 0.15) is 18.0 Å². The third kappa shape index (κ3) is 4.87. The Morgan fingerprint density at radius 3 is 2.52 bits per heavy atom. The zero-order chi connectivity index (χ0) is 23.4. The number of amides is 2. The second-order valence-corrected chi connectivity index (χ2v) is 7.68. The van der Waals surface area contributed by atoms with Crippen molar-refractivity contribution < 1.29 is 19.1 Å². The molecule has 2 amide bonds. The smallest absolute Gasteiger partial charge is 0.244 e. The average molecular weight is 444 g/mol. The number of rotatable bonds is 6. The number of carbonyl (C=O) groups excluding carboxylic acids is 2. The lowest BCUT2D eigenvalue weighted by atomic mass is 10.1. The highest BCUT2D eigenvalue weighted by Crippen LogP contribution is 2.33. The first kappa shape index (κ1) is 22.1. The third-order valence-electron chi connectivity index (χ3n) is 5.41. The van der Waals surface area contributed by atoms with Crippen LogP contribution in [0.15, 0.2) is 71.7 Å². The van der Waals surface area contributed by atoms with Crippen LogP contribution in [-0.4, -0.2) is 38.3 Å². The number of nitrogens with zero attached hydrogens (tertiary/aromatic N) is 2. The predicted octanol–water partition coefficient (Wildman–Crippen LogP) is 4.51. The first-order valence-electron chi connectivity index (χ1n) is 10.5. The van der Waals surface area contributed by atoms with Crippen LogP contribution in [-0.2, 0) is 9.59 Å². The van der Waals surface area contributed by atoms with Gasteiger partial charge in [-0.2, -0.15) is 0 Å². The van der Waals surface area contributed by atoms with Gasteiger partial charge >= 0.3 is 0 Å². The van der Waals surface area contributed by atoms with Gasteiger partial charge in [0, 0.05) is 6.07 Å². The maximum atomic E-state index is 13.3. The van der Waals surface area contributed by atoms with Gasteiger partial charge in [-0.3, -0.25) is 14.6 Å². The van der Waals surface area contributed by atoms with Gasteiger partial charge in [-0.25, -0.2) is 0 Å². The number of nitrogens with one attached hydrogen (secondary N) is 1. The Hall–Kier alpha value is -4.13. The molecule has 0 saturated heterocycles. The van der Waals surface area contributed by atoms with E-state index < -0.39 is 0 Å². The molecule has 1 heterocycles. The summed E-state index contributed by atoms with van der Waals surface area (Å²) in [6.45, 7) is 1.85. The van der Waals surface area contributed by atoms with Gasteiger partial charge in [-0.05, 0) is 36.8 Å². The van der Waals surface area contributed by atoms with Gasteiger partial charge in [0.05, 0.1) is 43.4 Å². The number of fused-ring (bicyclic) bond motifs is 1. The van der Waals surface area contributed by atoms with E-state index in [1.54, 1.807) is 31.4 Å². The number of anilines is 2. The number of ether oxygens (including phenoxy) is 2. The molecule has 1 N–H and O–H groups in total. The summed E-state index contributed by atoms with van der Waals surface area (Å²) in [5, 5.41) is 2.83. The fourth-order valence-corrected chi connectivity index (χ4v) is 3.68. The van der Waals surface area contributed by atoms with Crippen LogP contribution in [0.1, 0.15) is 17.5 Å². The predicted molar refractivity (Wildman–Crippen MR) is 129 cm³/mol. The van der Waals surface area contributed by atoms with Gasteiger partial charge in [-0.15, -0.1) is 0 Å². The van der Waals surface area contributed by atoms with E-state index in [4.69, 9.17) is 14.5 Å². The molecule has 7 nitrogen and oxygen atoms in total. The first-order chi connectivity index (χ1) is 16.0. The number of aryl methyl sites for hydroxylation is 1. The summed E-state index contributed by atoms with van der Waals surface area (Å²) in [6.07, 6.45) is 0.0908. The number of benzene rings is 3. The molecule has 3 aromatic carbocycles. The van der Waals surface area contributed by atoms with Crippen LogP contribution in [0.25, 0.3) is 0 Å². The largest absolute Gasteiger partial charge is 0.497 e. The fourth-order valence-electron chi connectivity index (χ4n) is 3.68. The lowest BCUT2D eigenvalue weighted by Crippen LogP contribution is -2.38. The topological polar surface area (TPSA) is 80.2 Å². The van der Waals surface area contributed by atoms with Crippen molar-refractivity contribution in [1.82, 2.24) is 0 Å². The average Bonchev–Trinajstić information content (AvgIpc) is 2.96. The summed E-state index contributed by atoms with van der Waals surface area (Å²) in [6, 6.07) is 20.4. The van der Waals surface area contributed by atoms with Gasteiger partial charge in [0.2, 0.25) is 11.8 Å².